The van der Waals surface area contributed by atoms with Gasteiger partial charge >= 0.3 is 0 Å². The Balaban J connectivity index is 1.77. The van der Waals surface area contributed by atoms with Crippen molar-refractivity contribution in [1.82, 2.24) is 4.98 Å². The number of aromatic nitrogens is 1. The minimum absolute atomic E-state index is 0.215. The molecule has 1 aromatic heterocycles. The van der Waals surface area contributed by atoms with Crippen LogP contribution in [0.15, 0.2) is 60.8 Å². The Morgan fingerprint density at radius 3 is 2.80 bits per heavy atom. The summed E-state index contributed by atoms with van der Waals surface area (Å²) >= 11 is 0. The number of carbonyl (C=O) groups is 1. The second-order valence-electron chi connectivity index (χ2n) is 6.72. The van der Waals surface area contributed by atoms with Crippen LogP contribution in [0.3, 0.4) is 0 Å². The van der Waals surface area contributed by atoms with Crippen LogP contribution in [0.4, 0.5) is 5.69 Å². The lowest BCUT2D eigenvalue weighted by atomic mass is 9.85. The molecular weight excluding hydrogens is 310 g/mol. The van der Waals surface area contributed by atoms with Crippen LogP contribution in [0.5, 0.6) is 0 Å². The summed E-state index contributed by atoms with van der Waals surface area (Å²) < 4.78 is 0. The number of fused-ring (bicyclic) bond motifs is 2. The van der Waals surface area contributed by atoms with Crippen molar-refractivity contribution in [3.8, 4) is 0 Å². The van der Waals surface area contributed by atoms with Gasteiger partial charge in [-0.05, 0) is 36.6 Å². The highest BCUT2D eigenvalue weighted by Gasteiger charge is 2.33. The minimum Gasteiger partial charge on any atom is -0.369 e. The van der Waals surface area contributed by atoms with Crippen LogP contribution in [0.2, 0.25) is 0 Å². The SMILES string of the molecule is C[C@@H]1C[C@@H](C(N)=O)c2ccccc2N1Cc1cccc2cccnc12. The average Bonchev–Trinajstić information content (AvgIpc) is 2.63. The Bertz CT molecular complexity index is 932. The first-order valence-corrected chi connectivity index (χ1v) is 8.62. The van der Waals surface area contributed by atoms with Gasteiger partial charge in [0, 0.05) is 29.9 Å². The van der Waals surface area contributed by atoms with E-state index in [0.717, 1.165) is 35.1 Å². The van der Waals surface area contributed by atoms with Gasteiger partial charge in [-0.15, -0.1) is 0 Å². The van der Waals surface area contributed by atoms with Gasteiger partial charge in [0.15, 0.2) is 0 Å². The molecule has 0 radical (unpaired) electrons. The molecule has 0 bridgehead atoms. The molecule has 2 heterocycles. The van der Waals surface area contributed by atoms with E-state index in [-0.39, 0.29) is 17.9 Å². The van der Waals surface area contributed by atoms with Gasteiger partial charge in [0.05, 0.1) is 11.4 Å². The van der Waals surface area contributed by atoms with Crippen molar-refractivity contribution in [2.45, 2.75) is 31.8 Å². The smallest absolute Gasteiger partial charge is 0.225 e. The predicted octanol–water partition coefficient (Wildman–Crippen LogP) is 3.60. The highest BCUT2D eigenvalue weighted by atomic mass is 16.1. The van der Waals surface area contributed by atoms with Crippen molar-refractivity contribution < 1.29 is 4.79 Å². The number of benzene rings is 2. The zero-order valence-corrected chi connectivity index (χ0v) is 14.2. The molecule has 0 aliphatic carbocycles. The number of primary amides is 1. The number of hydrogen-bond donors (Lipinski definition) is 1. The molecule has 1 aliphatic heterocycles. The van der Waals surface area contributed by atoms with Gasteiger partial charge in [-0.3, -0.25) is 9.78 Å². The Hall–Kier alpha value is -2.88. The molecule has 126 valence electrons. The molecule has 4 rings (SSSR count). The molecule has 4 nitrogen and oxygen atoms in total. The van der Waals surface area contributed by atoms with E-state index in [2.05, 4.69) is 47.1 Å². The molecule has 1 amide bonds. The summed E-state index contributed by atoms with van der Waals surface area (Å²) in [6, 6.07) is 18.7. The summed E-state index contributed by atoms with van der Waals surface area (Å²) in [5.74, 6) is -0.459. The van der Waals surface area contributed by atoms with Crippen molar-refractivity contribution in [2.24, 2.45) is 5.73 Å². The summed E-state index contributed by atoms with van der Waals surface area (Å²) in [7, 11) is 0. The zero-order valence-electron chi connectivity index (χ0n) is 14.2. The van der Waals surface area contributed by atoms with Gasteiger partial charge < -0.3 is 10.6 Å². The van der Waals surface area contributed by atoms with Gasteiger partial charge in [0.1, 0.15) is 0 Å². The van der Waals surface area contributed by atoms with Gasteiger partial charge in [-0.1, -0.05) is 42.5 Å². The number of nitrogens with zero attached hydrogens (tertiary/aromatic N) is 2. The van der Waals surface area contributed by atoms with Crippen LogP contribution in [-0.2, 0) is 11.3 Å². The van der Waals surface area contributed by atoms with E-state index in [1.54, 1.807) is 0 Å². The Kier molecular flexibility index (Phi) is 3.88. The summed E-state index contributed by atoms with van der Waals surface area (Å²) in [6.07, 6.45) is 2.58. The second kappa shape index (κ2) is 6.20. The molecular formula is C21H21N3O. The molecule has 0 spiro atoms. The molecule has 0 fully saturated rings. The standard InChI is InChI=1S/C21H21N3O/c1-14-12-18(21(22)25)17-9-2-3-10-19(17)24(14)13-16-7-4-6-15-8-5-11-23-20(15)16/h2-11,14,18H,12-13H2,1H3,(H2,22,25)/t14-,18-/m1/s1. The third-order valence-electron chi connectivity index (χ3n) is 5.13. The van der Waals surface area contributed by atoms with Crippen LogP contribution >= 0.6 is 0 Å². The van der Waals surface area contributed by atoms with E-state index >= 15 is 0 Å². The summed E-state index contributed by atoms with van der Waals surface area (Å²) in [4.78, 5) is 18.8. The molecule has 0 saturated carbocycles. The van der Waals surface area contributed by atoms with Gasteiger partial charge in [-0.25, -0.2) is 0 Å². The van der Waals surface area contributed by atoms with Crippen LogP contribution in [0, 0.1) is 0 Å². The maximum atomic E-state index is 11.9. The van der Waals surface area contributed by atoms with E-state index in [9.17, 15) is 4.79 Å². The van der Waals surface area contributed by atoms with Crippen LogP contribution in [0.1, 0.15) is 30.4 Å². The van der Waals surface area contributed by atoms with E-state index < -0.39 is 0 Å². The van der Waals surface area contributed by atoms with Gasteiger partial charge in [0.2, 0.25) is 5.91 Å². The molecule has 1 aliphatic rings. The lowest BCUT2D eigenvalue weighted by Crippen LogP contribution is -2.41. The topological polar surface area (TPSA) is 59.2 Å². The summed E-state index contributed by atoms with van der Waals surface area (Å²) in [5.41, 5.74) is 10.00. The molecule has 2 atom stereocenters. The van der Waals surface area contributed by atoms with Crippen molar-refractivity contribution in [3.05, 3.63) is 71.9 Å². The van der Waals surface area contributed by atoms with Crippen LogP contribution < -0.4 is 10.6 Å². The number of carbonyl (C=O) groups excluding carboxylic acids is 1. The molecule has 2 N–H and O–H groups in total. The first kappa shape index (κ1) is 15.6. The maximum Gasteiger partial charge on any atom is 0.225 e. The molecule has 3 aromatic rings. The average molecular weight is 331 g/mol. The van der Waals surface area contributed by atoms with E-state index in [4.69, 9.17) is 5.73 Å². The third-order valence-corrected chi connectivity index (χ3v) is 5.13. The highest BCUT2D eigenvalue weighted by molar-refractivity contribution is 5.86. The number of amides is 1. The normalized spacial score (nSPS) is 19.6. The van der Waals surface area contributed by atoms with Crippen LogP contribution in [-0.4, -0.2) is 16.9 Å². The molecule has 25 heavy (non-hydrogen) atoms. The number of nitrogens with two attached hydrogens (primary N) is 1. The highest BCUT2D eigenvalue weighted by Crippen LogP contribution is 2.39. The third kappa shape index (κ3) is 2.74. The number of hydrogen-bond acceptors (Lipinski definition) is 3. The van der Waals surface area contributed by atoms with Crippen LogP contribution in [0.25, 0.3) is 10.9 Å². The van der Waals surface area contributed by atoms with Crippen molar-refractivity contribution >= 4 is 22.5 Å². The number of pyridine rings is 1. The largest absolute Gasteiger partial charge is 0.369 e. The van der Waals surface area contributed by atoms with E-state index in [0.29, 0.717) is 0 Å². The molecule has 0 saturated heterocycles. The summed E-state index contributed by atoms with van der Waals surface area (Å²) in [6.45, 7) is 2.92. The monoisotopic (exact) mass is 331 g/mol. The quantitative estimate of drug-likeness (QED) is 0.798. The molecule has 4 heteroatoms. The predicted molar refractivity (Wildman–Crippen MR) is 100 cm³/mol. The first-order chi connectivity index (χ1) is 12.1. The summed E-state index contributed by atoms with van der Waals surface area (Å²) in [5, 5.41) is 1.15. The van der Waals surface area contributed by atoms with Crippen molar-refractivity contribution in [1.29, 1.82) is 0 Å². The number of anilines is 1. The fourth-order valence-corrected chi connectivity index (χ4v) is 3.87. The van der Waals surface area contributed by atoms with E-state index in [1.807, 2.05) is 30.5 Å². The van der Waals surface area contributed by atoms with E-state index in [1.165, 1.54) is 5.56 Å². The number of rotatable bonds is 3. The van der Waals surface area contributed by atoms with Crippen molar-refractivity contribution in [2.75, 3.05) is 4.90 Å². The molecule has 0 unspecified atom stereocenters. The fourth-order valence-electron chi connectivity index (χ4n) is 3.87. The fraction of sp³-hybridized carbons (Fsp3) is 0.238. The zero-order chi connectivity index (χ0) is 17.4. The molecule has 2 aromatic carbocycles. The Morgan fingerprint density at radius 2 is 1.96 bits per heavy atom. The first-order valence-electron chi connectivity index (χ1n) is 8.62. The lowest BCUT2D eigenvalue weighted by Gasteiger charge is -2.40. The number of para-hydroxylation sites is 2. The van der Waals surface area contributed by atoms with Gasteiger partial charge in [-0.2, -0.15) is 0 Å². The Morgan fingerprint density at radius 1 is 1.16 bits per heavy atom. The van der Waals surface area contributed by atoms with Gasteiger partial charge in [0.25, 0.3) is 0 Å². The lowest BCUT2D eigenvalue weighted by molar-refractivity contribution is -0.119. The Labute approximate surface area is 147 Å². The second-order valence-corrected chi connectivity index (χ2v) is 6.72. The van der Waals surface area contributed by atoms with Crippen molar-refractivity contribution in [3.63, 3.8) is 0 Å². The minimum atomic E-state index is -0.245. The maximum absolute atomic E-state index is 11.9.